The number of furan rings is 1. The van der Waals surface area contributed by atoms with E-state index in [1.54, 1.807) is 62.4 Å². The van der Waals surface area contributed by atoms with Crippen molar-refractivity contribution in [3.8, 4) is 5.75 Å². The number of carbonyl (C=O) groups excluding carboxylic acids is 2. The van der Waals surface area contributed by atoms with Crippen LogP contribution in [0.5, 0.6) is 5.75 Å². The van der Waals surface area contributed by atoms with Crippen LogP contribution in [0.2, 0.25) is 0 Å². The average Bonchev–Trinajstić information content (AvgIpc) is 3.34. The van der Waals surface area contributed by atoms with Gasteiger partial charge in [0.15, 0.2) is 6.61 Å². The van der Waals surface area contributed by atoms with Gasteiger partial charge in [-0.25, -0.2) is 13.8 Å². The first-order chi connectivity index (χ1) is 17.1. The van der Waals surface area contributed by atoms with Crippen LogP contribution in [0.1, 0.15) is 22.5 Å². The van der Waals surface area contributed by atoms with Crippen molar-refractivity contribution in [1.82, 2.24) is 10.7 Å². The normalized spacial score (nSPS) is 11.3. The van der Waals surface area contributed by atoms with Gasteiger partial charge in [-0.15, -0.1) is 0 Å². The molecule has 1 aromatic heterocycles. The first-order valence-corrected chi connectivity index (χ1v) is 12.9. The quantitative estimate of drug-likeness (QED) is 0.300. The Morgan fingerprint density at radius 1 is 1.03 bits per heavy atom. The molecule has 0 radical (unpaired) electrons. The molecule has 0 aliphatic rings. The summed E-state index contributed by atoms with van der Waals surface area (Å²) in [4.78, 5) is 24.3. The Hall–Kier alpha value is -4.12. The fraction of sp³-hybridized carbons (Fsp3) is 0.240. The Labute approximate surface area is 210 Å². The first-order valence-electron chi connectivity index (χ1n) is 11.0. The number of hydrogen-bond acceptors (Lipinski definition) is 7. The third kappa shape index (κ3) is 7.70. The number of ether oxygens (including phenoxy) is 1. The number of hydrogen-bond donors (Lipinski definition) is 2. The number of para-hydroxylation sites is 1. The Morgan fingerprint density at radius 2 is 1.72 bits per heavy atom. The van der Waals surface area contributed by atoms with Crippen molar-refractivity contribution in [1.29, 1.82) is 0 Å². The number of carbonyl (C=O) groups is 2. The maximum atomic E-state index is 12.4. The largest absolute Gasteiger partial charge is 0.484 e. The predicted octanol–water partition coefficient (Wildman–Crippen LogP) is 2.51. The molecule has 2 N–H and O–H groups in total. The zero-order valence-electron chi connectivity index (χ0n) is 20.2. The van der Waals surface area contributed by atoms with Crippen molar-refractivity contribution >= 4 is 33.7 Å². The van der Waals surface area contributed by atoms with E-state index in [0.717, 1.165) is 21.7 Å². The monoisotopic (exact) mass is 512 g/mol. The fourth-order valence-electron chi connectivity index (χ4n) is 3.35. The molecule has 0 aliphatic carbocycles. The predicted molar refractivity (Wildman–Crippen MR) is 136 cm³/mol. The molecular formula is C25H28N4O6S. The van der Waals surface area contributed by atoms with Gasteiger partial charge in [-0.05, 0) is 66.9 Å². The molecule has 0 spiro atoms. The highest BCUT2D eigenvalue weighted by molar-refractivity contribution is 7.92. The second kappa shape index (κ2) is 12.0. The summed E-state index contributed by atoms with van der Waals surface area (Å²) < 4.78 is 36.4. The van der Waals surface area contributed by atoms with Crippen LogP contribution in [-0.4, -0.2) is 45.9 Å². The molecule has 0 unspecified atom stereocenters. The van der Waals surface area contributed by atoms with E-state index in [4.69, 9.17) is 9.15 Å². The van der Waals surface area contributed by atoms with Crippen LogP contribution < -0.4 is 19.8 Å². The lowest BCUT2D eigenvalue weighted by molar-refractivity contribution is -0.123. The van der Waals surface area contributed by atoms with Crippen molar-refractivity contribution in [2.75, 3.05) is 23.7 Å². The Morgan fingerprint density at radius 3 is 2.33 bits per heavy atom. The third-order valence-electron chi connectivity index (χ3n) is 5.07. The lowest BCUT2D eigenvalue weighted by Crippen LogP contribution is -2.39. The van der Waals surface area contributed by atoms with Gasteiger partial charge in [0.05, 0.1) is 31.0 Å². The fourth-order valence-corrected chi connectivity index (χ4v) is 4.33. The van der Waals surface area contributed by atoms with Gasteiger partial charge in [-0.1, -0.05) is 18.2 Å². The van der Waals surface area contributed by atoms with Gasteiger partial charge in [-0.3, -0.25) is 13.9 Å². The zero-order chi connectivity index (χ0) is 26.1. The molecule has 0 saturated carbocycles. The third-order valence-corrected chi connectivity index (χ3v) is 6.18. The lowest BCUT2D eigenvalue weighted by Gasteiger charge is -2.25. The molecule has 11 heteroatoms. The van der Waals surface area contributed by atoms with E-state index in [2.05, 4.69) is 15.8 Å². The summed E-state index contributed by atoms with van der Waals surface area (Å²) in [6.07, 6.45) is 4.01. The number of nitrogens with one attached hydrogen (secondary N) is 2. The van der Waals surface area contributed by atoms with Crippen molar-refractivity contribution in [2.24, 2.45) is 5.10 Å². The van der Waals surface area contributed by atoms with E-state index >= 15 is 0 Å². The molecular weight excluding hydrogens is 484 g/mol. The van der Waals surface area contributed by atoms with Crippen LogP contribution in [0.4, 0.5) is 5.69 Å². The second-order valence-electron chi connectivity index (χ2n) is 8.02. The number of amides is 2. The molecule has 0 atom stereocenters. The minimum absolute atomic E-state index is 0.151. The minimum atomic E-state index is -3.69. The summed E-state index contributed by atoms with van der Waals surface area (Å²) in [6.45, 7) is 3.30. The van der Waals surface area contributed by atoms with Crippen molar-refractivity contribution in [3.63, 3.8) is 0 Å². The van der Waals surface area contributed by atoms with E-state index in [9.17, 15) is 18.0 Å². The van der Waals surface area contributed by atoms with Gasteiger partial charge < -0.3 is 14.5 Å². The number of hydrazone groups is 1. The van der Waals surface area contributed by atoms with Gasteiger partial charge in [0.2, 0.25) is 10.0 Å². The van der Waals surface area contributed by atoms with Crippen LogP contribution in [0.3, 0.4) is 0 Å². The highest BCUT2D eigenvalue weighted by atomic mass is 32.2. The smallest absolute Gasteiger partial charge is 0.260 e. The van der Waals surface area contributed by atoms with Crippen molar-refractivity contribution < 1.29 is 27.2 Å². The highest BCUT2D eigenvalue weighted by Gasteiger charge is 2.23. The summed E-state index contributed by atoms with van der Waals surface area (Å²) in [5.74, 6) is 0.263. The second-order valence-corrected chi connectivity index (χ2v) is 9.92. The van der Waals surface area contributed by atoms with Crippen LogP contribution in [0.15, 0.2) is 70.4 Å². The molecule has 2 amide bonds. The van der Waals surface area contributed by atoms with Crippen LogP contribution in [0.25, 0.3) is 0 Å². The van der Waals surface area contributed by atoms with Gasteiger partial charge in [0.25, 0.3) is 11.8 Å². The number of aryl methyl sites for hydroxylation is 2. The minimum Gasteiger partial charge on any atom is -0.484 e. The first kappa shape index (κ1) is 26.5. The molecule has 1 heterocycles. The van der Waals surface area contributed by atoms with Crippen molar-refractivity contribution in [3.05, 3.63) is 83.3 Å². The average molecular weight is 513 g/mol. The molecule has 3 rings (SSSR count). The maximum absolute atomic E-state index is 12.4. The Kier molecular flexibility index (Phi) is 8.85. The highest BCUT2D eigenvalue weighted by Crippen LogP contribution is 2.26. The van der Waals surface area contributed by atoms with Crippen LogP contribution in [0, 0.1) is 13.8 Å². The van der Waals surface area contributed by atoms with Gasteiger partial charge in [-0.2, -0.15) is 5.10 Å². The standard InChI is InChI=1S/C25H28N4O6S/c1-18-6-4-7-19(2)25(18)29(36(3,32)33)16-23(30)28-27-14-20-9-11-21(12-10-20)35-17-24(31)26-15-22-8-5-13-34-22/h4-14H,15-17H2,1-3H3,(H,26,31)(H,28,30)/b27-14+. The molecule has 0 bridgehead atoms. The number of rotatable bonds is 11. The zero-order valence-corrected chi connectivity index (χ0v) is 21.0. The maximum Gasteiger partial charge on any atom is 0.260 e. The molecule has 10 nitrogen and oxygen atoms in total. The SMILES string of the molecule is Cc1cccc(C)c1N(CC(=O)N/N=C/c1ccc(OCC(=O)NCc2ccco2)cc1)S(C)(=O)=O. The van der Waals surface area contributed by atoms with Crippen molar-refractivity contribution in [2.45, 2.75) is 20.4 Å². The summed E-state index contributed by atoms with van der Waals surface area (Å²) >= 11 is 0. The number of nitrogens with zero attached hydrogens (tertiary/aromatic N) is 2. The topological polar surface area (TPSA) is 130 Å². The van der Waals surface area contributed by atoms with Crippen LogP contribution in [-0.2, 0) is 26.2 Å². The van der Waals surface area contributed by atoms with Gasteiger partial charge >= 0.3 is 0 Å². The molecule has 0 fully saturated rings. The van der Waals surface area contributed by atoms with Gasteiger partial charge in [0.1, 0.15) is 18.1 Å². The molecule has 3 aromatic rings. The molecule has 36 heavy (non-hydrogen) atoms. The molecule has 0 saturated heterocycles. The number of anilines is 1. The molecule has 190 valence electrons. The summed E-state index contributed by atoms with van der Waals surface area (Å²) in [5, 5.41) is 6.59. The van der Waals surface area contributed by atoms with E-state index in [1.165, 1.54) is 12.5 Å². The summed E-state index contributed by atoms with van der Waals surface area (Å²) in [7, 11) is -3.69. The van der Waals surface area contributed by atoms with E-state index in [0.29, 0.717) is 22.8 Å². The Bertz CT molecular complexity index is 1300. The number of sulfonamides is 1. The van der Waals surface area contributed by atoms with E-state index in [-0.39, 0.29) is 19.1 Å². The Balaban J connectivity index is 1.50. The van der Waals surface area contributed by atoms with Gasteiger partial charge in [0, 0.05) is 0 Å². The van der Waals surface area contributed by atoms with E-state index < -0.39 is 22.5 Å². The summed E-state index contributed by atoms with van der Waals surface area (Å²) in [6, 6.07) is 15.6. The molecule has 2 aromatic carbocycles. The van der Waals surface area contributed by atoms with Crippen LogP contribution >= 0.6 is 0 Å². The molecule has 0 aliphatic heterocycles. The summed E-state index contributed by atoms with van der Waals surface area (Å²) in [5.41, 5.74) is 4.99. The van der Waals surface area contributed by atoms with E-state index in [1.807, 2.05) is 6.07 Å². The lowest BCUT2D eigenvalue weighted by atomic mass is 10.1. The number of benzene rings is 2.